The molecule has 3 heteroatoms. The fourth-order valence-corrected chi connectivity index (χ4v) is 2.64. The van der Waals surface area contributed by atoms with Gasteiger partial charge >= 0.3 is 0 Å². The van der Waals surface area contributed by atoms with Gasteiger partial charge in [0.15, 0.2) is 0 Å². The van der Waals surface area contributed by atoms with Crippen molar-refractivity contribution in [2.75, 3.05) is 0 Å². The molecular formula is C16H27NO2. The van der Waals surface area contributed by atoms with Crippen LogP contribution < -0.4 is 5.73 Å². The van der Waals surface area contributed by atoms with E-state index in [4.69, 9.17) is 10.5 Å². The molecule has 1 heterocycles. The molecule has 19 heavy (non-hydrogen) atoms. The standard InChI is InChI=1S/C8H15NO.C8H12O/c9-7-5-3-1-2-4-6-8(7)10;1-2-4-6-8-7(9-8)5-3-1/h1-2,7-8,10H,3-6,9H2;1-2,7-8H,3-6H2/b2-1+;. The van der Waals surface area contributed by atoms with E-state index in [1.165, 1.54) is 25.7 Å². The van der Waals surface area contributed by atoms with Crippen LogP contribution in [0.3, 0.4) is 0 Å². The molecule has 0 aromatic rings. The van der Waals surface area contributed by atoms with Crippen molar-refractivity contribution in [1.29, 1.82) is 0 Å². The van der Waals surface area contributed by atoms with Crippen molar-refractivity contribution in [2.45, 2.75) is 75.7 Å². The number of hydrogen-bond acceptors (Lipinski definition) is 3. The van der Waals surface area contributed by atoms with Crippen LogP contribution in [0.25, 0.3) is 0 Å². The molecule has 108 valence electrons. The third-order valence-corrected chi connectivity index (χ3v) is 4.05. The van der Waals surface area contributed by atoms with Crippen molar-refractivity contribution in [2.24, 2.45) is 5.73 Å². The quantitative estimate of drug-likeness (QED) is 0.523. The molecule has 0 spiro atoms. The SMILES string of the molecule is C1=CCCC2OC2CC1.NC1CC/C=C/CCC1O. The lowest BCUT2D eigenvalue weighted by atomic mass is 9.99. The Hall–Kier alpha value is -0.640. The molecule has 0 amide bonds. The van der Waals surface area contributed by atoms with Gasteiger partial charge in [0.2, 0.25) is 0 Å². The van der Waals surface area contributed by atoms with Gasteiger partial charge in [-0.05, 0) is 51.4 Å². The number of aliphatic hydroxyl groups is 1. The monoisotopic (exact) mass is 265 g/mol. The smallest absolute Gasteiger partial charge is 0.0845 e. The Kier molecular flexibility index (Phi) is 6.08. The third-order valence-electron chi connectivity index (χ3n) is 4.05. The summed E-state index contributed by atoms with van der Waals surface area (Å²) in [4.78, 5) is 0. The van der Waals surface area contributed by atoms with E-state index in [0.29, 0.717) is 12.2 Å². The Morgan fingerprint density at radius 1 is 0.789 bits per heavy atom. The van der Waals surface area contributed by atoms with Crippen LogP contribution in [0.15, 0.2) is 24.3 Å². The van der Waals surface area contributed by atoms with E-state index in [9.17, 15) is 5.11 Å². The minimum absolute atomic E-state index is 0.00931. The number of nitrogens with two attached hydrogens (primary N) is 1. The van der Waals surface area contributed by atoms with Crippen LogP contribution >= 0.6 is 0 Å². The maximum Gasteiger partial charge on any atom is 0.0845 e. The summed E-state index contributed by atoms with van der Waals surface area (Å²) in [5.74, 6) is 0. The largest absolute Gasteiger partial charge is 0.392 e. The van der Waals surface area contributed by atoms with Crippen LogP contribution in [-0.4, -0.2) is 29.5 Å². The number of aliphatic hydroxyl groups excluding tert-OH is 1. The van der Waals surface area contributed by atoms with E-state index in [-0.39, 0.29) is 12.1 Å². The van der Waals surface area contributed by atoms with Gasteiger partial charge in [-0.3, -0.25) is 0 Å². The zero-order valence-electron chi connectivity index (χ0n) is 11.7. The van der Waals surface area contributed by atoms with Gasteiger partial charge in [-0.25, -0.2) is 0 Å². The highest BCUT2D eigenvalue weighted by Gasteiger charge is 2.37. The second-order valence-electron chi connectivity index (χ2n) is 5.70. The Morgan fingerprint density at radius 2 is 1.26 bits per heavy atom. The van der Waals surface area contributed by atoms with Crippen molar-refractivity contribution < 1.29 is 9.84 Å². The zero-order chi connectivity index (χ0) is 13.5. The molecule has 3 N–H and O–H groups in total. The van der Waals surface area contributed by atoms with Crippen LogP contribution in [0.4, 0.5) is 0 Å². The molecule has 1 fully saturated rings. The third kappa shape index (κ3) is 5.47. The number of rotatable bonds is 0. The van der Waals surface area contributed by atoms with Gasteiger partial charge in [0, 0.05) is 6.04 Å². The summed E-state index contributed by atoms with van der Waals surface area (Å²) in [6.45, 7) is 0. The average Bonchev–Trinajstić information content (AvgIpc) is 3.09. The van der Waals surface area contributed by atoms with E-state index in [2.05, 4.69) is 24.3 Å². The zero-order valence-corrected chi connectivity index (χ0v) is 11.7. The van der Waals surface area contributed by atoms with Crippen molar-refractivity contribution >= 4 is 0 Å². The van der Waals surface area contributed by atoms with E-state index < -0.39 is 0 Å². The second kappa shape index (κ2) is 7.83. The molecule has 4 unspecified atom stereocenters. The first-order valence-electron chi connectivity index (χ1n) is 7.66. The van der Waals surface area contributed by atoms with Gasteiger partial charge in [0.1, 0.15) is 0 Å². The van der Waals surface area contributed by atoms with Gasteiger partial charge in [-0.15, -0.1) is 0 Å². The van der Waals surface area contributed by atoms with Gasteiger partial charge in [0.05, 0.1) is 18.3 Å². The first-order valence-corrected chi connectivity index (χ1v) is 7.66. The summed E-state index contributed by atoms with van der Waals surface area (Å²) >= 11 is 0. The molecule has 3 nitrogen and oxygen atoms in total. The van der Waals surface area contributed by atoms with Crippen molar-refractivity contribution in [3.63, 3.8) is 0 Å². The molecular weight excluding hydrogens is 238 g/mol. The van der Waals surface area contributed by atoms with Gasteiger partial charge in [0.25, 0.3) is 0 Å². The Morgan fingerprint density at radius 3 is 1.84 bits per heavy atom. The first kappa shape index (κ1) is 14.8. The molecule has 1 aliphatic heterocycles. The van der Waals surface area contributed by atoms with Gasteiger partial charge in [-0.1, -0.05) is 24.3 Å². The fraction of sp³-hybridized carbons (Fsp3) is 0.750. The minimum Gasteiger partial charge on any atom is -0.392 e. The highest BCUT2D eigenvalue weighted by atomic mass is 16.6. The van der Waals surface area contributed by atoms with Crippen molar-refractivity contribution in [3.8, 4) is 0 Å². The lowest BCUT2D eigenvalue weighted by Gasteiger charge is -2.18. The normalized spacial score (nSPS) is 39.5. The summed E-state index contributed by atoms with van der Waals surface area (Å²) in [6, 6.07) is -0.00931. The summed E-state index contributed by atoms with van der Waals surface area (Å²) in [6.07, 6.45) is 18.5. The fourth-order valence-electron chi connectivity index (χ4n) is 2.64. The average molecular weight is 265 g/mol. The maximum absolute atomic E-state index is 9.32. The lowest BCUT2D eigenvalue weighted by molar-refractivity contribution is 0.131. The van der Waals surface area contributed by atoms with Crippen LogP contribution in [0.1, 0.15) is 51.4 Å². The van der Waals surface area contributed by atoms with E-state index in [0.717, 1.165) is 25.7 Å². The summed E-state index contributed by atoms with van der Waals surface area (Å²) in [5, 5.41) is 9.32. The number of ether oxygens (including phenoxy) is 1. The molecule has 0 radical (unpaired) electrons. The lowest BCUT2D eigenvalue weighted by Crippen LogP contribution is -2.34. The highest BCUT2D eigenvalue weighted by Crippen LogP contribution is 2.31. The molecule has 0 bridgehead atoms. The predicted octanol–water partition coefficient (Wildman–Crippen LogP) is 2.69. The molecule has 0 aromatic heterocycles. The summed E-state index contributed by atoms with van der Waals surface area (Å²) < 4.78 is 5.40. The first-order chi connectivity index (χ1) is 9.27. The summed E-state index contributed by atoms with van der Waals surface area (Å²) in [7, 11) is 0. The molecule has 1 saturated heterocycles. The Labute approximate surface area is 116 Å². The second-order valence-corrected chi connectivity index (χ2v) is 5.70. The Balaban J connectivity index is 0.000000141. The molecule has 3 rings (SSSR count). The van der Waals surface area contributed by atoms with Crippen LogP contribution in [0, 0.1) is 0 Å². The number of hydrogen-bond donors (Lipinski definition) is 2. The van der Waals surface area contributed by atoms with Crippen LogP contribution in [0.5, 0.6) is 0 Å². The van der Waals surface area contributed by atoms with Crippen molar-refractivity contribution in [1.82, 2.24) is 0 Å². The maximum atomic E-state index is 9.32. The predicted molar refractivity (Wildman–Crippen MR) is 77.9 cm³/mol. The molecule has 0 aromatic carbocycles. The van der Waals surface area contributed by atoms with Crippen LogP contribution in [0.2, 0.25) is 0 Å². The number of allylic oxidation sites excluding steroid dienone is 4. The topological polar surface area (TPSA) is 58.8 Å². The van der Waals surface area contributed by atoms with Crippen LogP contribution in [-0.2, 0) is 4.74 Å². The molecule has 3 aliphatic rings. The Bertz CT molecular complexity index is 286. The summed E-state index contributed by atoms with van der Waals surface area (Å²) in [5.41, 5.74) is 5.66. The highest BCUT2D eigenvalue weighted by molar-refractivity contribution is 4.94. The van der Waals surface area contributed by atoms with Gasteiger partial charge in [-0.2, -0.15) is 0 Å². The number of fused-ring (bicyclic) bond motifs is 1. The van der Waals surface area contributed by atoms with E-state index >= 15 is 0 Å². The molecule has 4 atom stereocenters. The van der Waals surface area contributed by atoms with E-state index in [1.54, 1.807) is 0 Å². The number of epoxide rings is 1. The minimum atomic E-state index is -0.287. The van der Waals surface area contributed by atoms with Gasteiger partial charge < -0.3 is 15.6 Å². The van der Waals surface area contributed by atoms with Crippen molar-refractivity contribution in [3.05, 3.63) is 24.3 Å². The molecule has 0 saturated carbocycles. The molecule has 2 aliphatic carbocycles. The van der Waals surface area contributed by atoms with E-state index in [1.807, 2.05) is 0 Å².